The van der Waals surface area contributed by atoms with Crippen LogP contribution >= 0.6 is 0 Å². The number of amides is 2. The van der Waals surface area contributed by atoms with Crippen LogP contribution in [-0.4, -0.2) is 44.0 Å². The first-order chi connectivity index (χ1) is 16.9. The Hall–Kier alpha value is -4.44. The Balaban J connectivity index is 1.71. The molecule has 3 rings (SSSR count). The molecule has 0 aliphatic rings. The van der Waals surface area contributed by atoms with E-state index in [0.717, 1.165) is 18.1 Å². The van der Waals surface area contributed by atoms with Crippen LogP contribution in [0.25, 0.3) is 0 Å². The van der Waals surface area contributed by atoms with Crippen molar-refractivity contribution in [1.82, 2.24) is 5.32 Å². The van der Waals surface area contributed by atoms with Crippen molar-refractivity contribution >= 4 is 28.9 Å². The second-order valence-corrected chi connectivity index (χ2v) is 7.50. The molecule has 0 unspecified atom stereocenters. The van der Waals surface area contributed by atoms with Gasteiger partial charge in [0.1, 0.15) is 11.5 Å². The fourth-order valence-corrected chi connectivity index (χ4v) is 3.29. The maximum atomic E-state index is 13.0. The Morgan fingerprint density at radius 3 is 2.23 bits per heavy atom. The number of nitrogens with one attached hydrogen (secondary N) is 3. The van der Waals surface area contributed by atoms with Crippen LogP contribution in [0.15, 0.2) is 66.7 Å². The molecule has 182 valence electrons. The van der Waals surface area contributed by atoms with Crippen molar-refractivity contribution in [2.24, 2.45) is 0 Å². The van der Waals surface area contributed by atoms with Crippen LogP contribution in [0.1, 0.15) is 15.9 Å². The molecule has 0 saturated carbocycles. The van der Waals surface area contributed by atoms with Gasteiger partial charge >= 0.3 is 0 Å². The average molecular weight is 479 g/mol. The third-order valence-corrected chi connectivity index (χ3v) is 5.06. The lowest BCUT2D eigenvalue weighted by molar-refractivity contribution is -0.384. The third kappa shape index (κ3) is 7.27. The number of nitro groups is 1. The molecule has 3 aromatic carbocycles. The normalized spacial score (nSPS) is 10.3. The Morgan fingerprint density at radius 1 is 0.914 bits per heavy atom. The molecule has 10 heteroatoms. The molecular weight excluding hydrogens is 452 g/mol. The highest BCUT2D eigenvalue weighted by molar-refractivity contribution is 6.10. The number of rotatable bonds is 11. The van der Waals surface area contributed by atoms with E-state index in [4.69, 9.17) is 9.47 Å². The van der Waals surface area contributed by atoms with Crippen LogP contribution in [0.2, 0.25) is 0 Å². The summed E-state index contributed by atoms with van der Waals surface area (Å²) in [5.41, 5.74) is 1.32. The fourth-order valence-electron chi connectivity index (χ4n) is 3.29. The van der Waals surface area contributed by atoms with E-state index >= 15 is 0 Å². The number of methoxy groups -OCH3 is 2. The summed E-state index contributed by atoms with van der Waals surface area (Å²) in [5, 5.41) is 19.6. The number of non-ortho nitro benzene ring substituents is 1. The monoisotopic (exact) mass is 478 g/mol. The van der Waals surface area contributed by atoms with Gasteiger partial charge in [-0.25, -0.2) is 0 Å². The number of hydrogen-bond donors (Lipinski definition) is 3. The van der Waals surface area contributed by atoms with Crippen molar-refractivity contribution in [3.05, 3.63) is 88.0 Å². The Labute approximate surface area is 202 Å². The first-order valence-electron chi connectivity index (χ1n) is 10.8. The Morgan fingerprint density at radius 2 is 1.60 bits per heavy atom. The Kier molecular flexibility index (Phi) is 8.74. The third-order valence-electron chi connectivity index (χ3n) is 5.06. The van der Waals surface area contributed by atoms with E-state index in [-0.39, 0.29) is 29.4 Å². The van der Waals surface area contributed by atoms with Crippen molar-refractivity contribution < 1.29 is 24.0 Å². The van der Waals surface area contributed by atoms with Gasteiger partial charge in [-0.2, -0.15) is 0 Å². The van der Waals surface area contributed by atoms with Crippen LogP contribution < -0.4 is 25.4 Å². The molecular formula is C25H26N4O6. The van der Waals surface area contributed by atoms with Crippen LogP contribution in [0.5, 0.6) is 11.5 Å². The highest BCUT2D eigenvalue weighted by atomic mass is 16.6. The minimum absolute atomic E-state index is 0.0119. The zero-order valence-corrected chi connectivity index (χ0v) is 19.4. The van der Waals surface area contributed by atoms with Crippen molar-refractivity contribution in [2.45, 2.75) is 6.42 Å². The number of nitro benzene ring substituents is 1. The topological polar surface area (TPSA) is 132 Å². The van der Waals surface area contributed by atoms with Crippen molar-refractivity contribution in [3.8, 4) is 11.5 Å². The lowest BCUT2D eigenvalue weighted by atomic mass is 10.1. The predicted octanol–water partition coefficient (Wildman–Crippen LogP) is 3.64. The molecule has 3 aromatic rings. The van der Waals surface area contributed by atoms with Crippen molar-refractivity contribution in [2.75, 3.05) is 37.9 Å². The number of ether oxygens (including phenoxy) is 2. The first kappa shape index (κ1) is 25.2. The van der Waals surface area contributed by atoms with E-state index in [9.17, 15) is 19.7 Å². The summed E-state index contributed by atoms with van der Waals surface area (Å²) in [6.45, 7) is 0.598. The molecule has 35 heavy (non-hydrogen) atoms. The summed E-state index contributed by atoms with van der Waals surface area (Å²) in [6.07, 6.45) is 0.753. The quantitative estimate of drug-likeness (QED) is 0.218. The van der Waals surface area contributed by atoms with Gasteiger partial charge in [-0.05, 0) is 24.6 Å². The summed E-state index contributed by atoms with van der Waals surface area (Å²) < 4.78 is 10.4. The lowest BCUT2D eigenvalue weighted by Gasteiger charge is -2.13. The molecule has 0 atom stereocenters. The summed E-state index contributed by atoms with van der Waals surface area (Å²) in [7, 11) is 2.95. The highest BCUT2D eigenvalue weighted by Crippen LogP contribution is 2.28. The van der Waals surface area contributed by atoms with Gasteiger partial charge in [-0.15, -0.1) is 0 Å². The molecule has 0 aliphatic heterocycles. The van der Waals surface area contributed by atoms with E-state index in [0.29, 0.717) is 23.7 Å². The maximum absolute atomic E-state index is 13.0. The molecule has 3 N–H and O–H groups in total. The Bertz CT molecular complexity index is 1180. The number of anilines is 2. The molecule has 0 spiro atoms. The number of carbonyl (C=O) groups is 2. The zero-order chi connectivity index (χ0) is 25.2. The molecule has 0 fully saturated rings. The molecule has 0 bridgehead atoms. The van der Waals surface area contributed by atoms with Crippen LogP contribution in [0.4, 0.5) is 17.1 Å². The second kappa shape index (κ2) is 12.1. The summed E-state index contributed by atoms with van der Waals surface area (Å²) in [4.78, 5) is 36.2. The standard InChI is InChI=1S/C25H26N4O6/c1-34-20-12-18(13-21(15-20)35-2)27-25(31)22-14-19(29(32)33)8-9-23(22)28-24(30)16-26-11-10-17-6-4-3-5-7-17/h3-9,12-15,26H,10-11,16H2,1-2H3,(H,27,31)(H,28,30). The van der Waals surface area contributed by atoms with E-state index in [1.165, 1.54) is 26.4 Å². The largest absolute Gasteiger partial charge is 0.497 e. The van der Waals surface area contributed by atoms with Gasteiger partial charge in [0.2, 0.25) is 5.91 Å². The maximum Gasteiger partial charge on any atom is 0.270 e. The molecule has 0 aliphatic carbocycles. The molecule has 10 nitrogen and oxygen atoms in total. The summed E-state index contributed by atoms with van der Waals surface area (Å²) >= 11 is 0. The summed E-state index contributed by atoms with van der Waals surface area (Å²) in [5.74, 6) is -0.122. The van der Waals surface area contributed by atoms with Gasteiger partial charge in [-0.1, -0.05) is 30.3 Å². The molecule has 0 heterocycles. The van der Waals surface area contributed by atoms with Crippen molar-refractivity contribution in [1.29, 1.82) is 0 Å². The first-order valence-corrected chi connectivity index (χ1v) is 10.8. The molecule has 0 saturated heterocycles. The molecule has 0 radical (unpaired) electrons. The van der Waals surface area contributed by atoms with Gasteiger partial charge in [0.15, 0.2) is 0 Å². The fraction of sp³-hybridized carbons (Fsp3) is 0.200. The number of hydrogen-bond acceptors (Lipinski definition) is 7. The minimum Gasteiger partial charge on any atom is -0.497 e. The van der Waals surface area contributed by atoms with E-state index < -0.39 is 10.8 Å². The van der Waals surface area contributed by atoms with E-state index in [1.807, 2.05) is 30.3 Å². The van der Waals surface area contributed by atoms with Crippen LogP contribution in [0.3, 0.4) is 0 Å². The van der Waals surface area contributed by atoms with E-state index in [2.05, 4.69) is 16.0 Å². The second-order valence-electron chi connectivity index (χ2n) is 7.50. The number of carbonyl (C=O) groups excluding carboxylic acids is 2. The van der Waals surface area contributed by atoms with Crippen LogP contribution in [0, 0.1) is 10.1 Å². The van der Waals surface area contributed by atoms with Crippen molar-refractivity contribution in [3.63, 3.8) is 0 Å². The lowest BCUT2D eigenvalue weighted by Crippen LogP contribution is -2.30. The summed E-state index contributed by atoms with van der Waals surface area (Å²) in [6, 6.07) is 18.3. The zero-order valence-electron chi connectivity index (χ0n) is 19.4. The van der Waals surface area contributed by atoms with Gasteiger partial charge in [-0.3, -0.25) is 19.7 Å². The predicted molar refractivity (Wildman–Crippen MR) is 132 cm³/mol. The number of nitrogens with zero attached hydrogens (tertiary/aromatic N) is 1. The van der Waals surface area contributed by atoms with Gasteiger partial charge in [0, 0.05) is 36.0 Å². The molecule has 0 aromatic heterocycles. The van der Waals surface area contributed by atoms with Gasteiger partial charge < -0.3 is 25.4 Å². The van der Waals surface area contributed by atoms with E-state index in [1.54, 1.807) is 18.2 Å². The smallest absolute Gasteiger partial charge is 0.270 e. The molecule has 2 amide bonds. The van der Waals surface area contributed by atoms with Crippen LogP contribution in [-0.2, 0) is 11.2 Å². The van der Waals surface area contributed by atoms with Gasteiger partial charge in [0.25, 0.3) is 11.6 Å². The highest BCUT2D eigenvalue weighted by Gasteiger charge is 2.19. The average Bonchev–Trinajstić information content (AvgIpc) is 2.87. The number of benzene rings is 3. The van der Waals surface area contributed by atoms with Gasteiger partial charge in [0.05, 0.1) is 36.9 Å². The SMILES string of the molecule is COc1cc(NC(=O)c2cc([N+](=O)[O-])ccc2NC(=O)CNCCc2ccccc2)cc(OC)c1. The minimum atomic E-state index is -0.642.